The van der Waals surface area contributed by atoms with Crippen LogP contribution in [0.4, 0.5) is 26.3 Å². The van der Waals surface area contributed by atoms with Crippen molar-refractivity contribution in [2.24, 2.45) is 28.6 Å². The van der Waals surface area contributed by atoms with Crippen molar-refractivity contribution in [3.63, 3.8) is 0 Å². The predicted molar refractivity (Wildman–Crippen MR) is 151 cm³/mol. The molecule has 3 aliphatic rings. The average Bonchev–Trinajstić information content (AvgIpc) is 3.21. The number of aliphatic hydroxyl groups is 2. The Labute approximate surface area is 241 Å². The molecule has 3 fully saturated rings. The molecule has 0 spiro atoms. The fraction of sp³-hybridized carbons (Fsp3) is 0.758. The number of aliphatic hydroxyl groups excluding tert-OH is 1. The maximum atomic E-state index is 13.3. The third-order valence-corrected chi connectivity index (χ3v) is 10.3. The van der Waals surface area contributed by atoms with Crippen LogP contribution in [-0.2, 0) is 0 Å². The van der Waals surface area contributed by atoms with Crippen molar-refractivity contribution in [3.8, 4) is 0 Å². The van der Waals surface area contributed by atoms with Crippen LogP contribution >= 0.6 is 0 Å². The zero-order chi connectivity index (χ0) is 30.9. The Morgan fingerprint density at radius 2 is 1.68 bits per heavy atom. The molecule has 41 heavy (non-hydrogen) atoms. The molecule has 0 aromatic rings. The highest BCUT2D eigenvalue weighted by atomic mass is 19.4. The molecule has 0 radical (unpaired) electrons. The third-order valence-electron chi connectivity index (χ3n) is 10.3. The molecule has 2 nitrogen and oxygen atoms in total. The summed E-state index contributed by atoms with van der Waals surface area (Å²) in [6, 6.07) is 0. The van der Waals surface area contributed by atoms with Crippen LogP contribution < -0.4 is 0 Å². The van der Waals surface area contributed by atoms with Crippen LogP contribution in [0.25, 0.3) is 0 Å². The summed E-state index contributed by atoms with van der Waals surface area (Å²) in [5, 5.41) is 19.8. The fourth-order valence-corrected chi connectivity index (χ4v) is 7.96. The monoisotopic (exact) mass is 590 g/mol. The highest BCUT2D eigenvalue weighted by molar-refractivity contribution is 5.36. The van der Waals surface area contributed by atoms with Gasteiger partial charge in [0.05, 0.1) is 6.10 Å². The van der Waals surface area contributed by atoms with Gasteiger partial charge in [-0.15, -0.1) is 0 Å². The molecule has 3 rings (SSSR count). The first-order valence-electron chi connectivity index (χ1n) is 15.1. The van der Waals surface area contributed by atoms with Gasteiger partial charge in [-0.1, -0.05) is 76.5 Å². The Hall–Kier alpha value is -1.54. The number of hydrogen-bond donors (Lipinski definition) is 2. The van der Waals surface area contributed by atoms with Gasteiger partial charge >= 0.3 is 12.4 Å². The van der Waals surface area contributed by atoms with Crippen LogP contribution in [0.5, 0.6) is 0 Å². The predicted octanol–water partition coefficient (Wildman–Crippen LogP) is 9.79. The zero-order valence-corrected chi connectivity index (χ0v) is 25.0. The lowest BCUT2D eigenvalue weighted by Gasteiger charge is -2.49. The maximum Gasteiger partial charge on any atom is 0.429 e. The topological polar surface area (TPSA) is 40.5 Å². The van der Waals surface area contributed by atoms with E-state index in [1.54, 1.807) is 0 Å². The van der Waals surface area contributed by atoms with Gasteiger partial charge in [-0.2, -0.15) is 26.3 Å². The molecule has 0 saturated heterocycles. The van der Waals surface area contributed by atoms with Gasteiger partial charge in [-0.3, -0.25) is 0 Å². The minimum atomic E-state index is -5.86. The molecule has 5 atom stereocenters. The van der Waals surface area contributed by atoms with E-state index < -0.39 is 23.4 Å². The van der Waals surface area contributed by atoms with Crippen molar-refractivity contribution in [3.05, 3.63) is 47.6 Å². The van der Waals surface area contributed by atoms with Crippen molar-refractivity contribution >= 4 is 0 Å². The molecule has 3 aliphatic carbocycles. The van der Waals surface area contributed by atoms with E-state index in [1.165, 1.54) is 5.57 Å². The summed E-state index contributed by atoms with van der Waals surface area (Å²) in [6.45, 7) is 12.6. The van der Waals surface area contributed by atoms with Crippen molar-refractivity contribution in [1.29, 1.82) is 0 Å². The number of alkyl halides is 6. The minimum absolute atomic E-state index is 0.0351. The number of allylic oxidation sites excluding steroid dienone is 5. The Kier molecular flexibility index (Phi) is 10.4. The van der Waals surface area contributed by atoms with E-state index in [0.29, 0.717) is 18.8 Å². The Balaban J connectivity index is 1.91. The SMILES string of the molecule is C=C1CC[C@H](O)C/C1=C/C=C1CCC[C@@]2(C)C1CC[C@@H]2[C@@](C)(C/C=C/C(O)(C(F)(F)F)C(F)(F)F)CCCC(C)C. The van der Waals surface area contributed by atoms with Crippen LogP contribution in [-0.4, -0.2) is 34.3 Å². The average molecular weight is 591 g/mol. The van der Waals surface area contributed by atoms with Crippen molar-refractivity contribution < 1.29 is 36.6 Å². The summed E-state index contributed by atoms with van der Waals surface area (Å²) in [5.74, 6) is 0.840. The van der Waals surface area contributed by atoms with E-state index >= 15 is 0 Å². The fourth-order valence-electron chi connectivity index (χ4n) is 7.96. The van der Waals surface area contributed by atoms with Crippen molar-refractivity contribution in [2.75, 3.05) is 0 Å². The highest BCUT2D eigenvalue weighted by Gasteiger charge is 2.69. The van der Waals surface area contributed by atoms with Gasteiger partial charge in [-0.25, -0.2) is 0 Å². The standard InChI is InChI=1S/C33H48F6O2/c1-22(2)9-6-17-29(4,18-8-20-31(41,32(34,35)36)33(37,38)39)28-16-15-27-24(10-7-19-30(27,28)5)12-13-25-21-26(40)14-11-23(25)3/h8,12-13,20,22,26-28,40-41H,3,6-7,9-11,14-19,21H2,1-2,4-5H3/b20-8+,24-12?,25-13-/t26-,27?,28+,29+,30-/m0/s1. The molecule has 0 amide bonds. The lowest BCUT2D eigenvalue weighted by molar-refractivity contribution is -0.347. The second-order valence-electron chi connectivity index (χ2n) is 13.8. The molecule has 234 valence electrons. The summed E-state index contributed by atoms with van der Waals surface area (Å²) in [7, 11) is 0. The van der Waals surface area contributed by atoms with E-state index in [2.05, 4.69) is 39.5 Å². The molecule has 3 saturated carbocycles. The van der Waals surface area contributed by atoms with Crippen LogP contribution in [0, 0.1) is 28.6 Å². The molecule has 2 N–H and O–H groups in total. The Morgan fingerprint density at radius 3 is 2.29 bits per heavy atom. The van der Waals surface area contributed by atoms with Gasteiger partial charge in [0.15, 0.2) is 0 Å². The summed E-state index contributed by atoms with van der Waals surface area (Å²) in [4.78, 5) is 0. The summed E-state index contributed by atoms with van der Waals surface area (Å²) in [6.07, 6.45) is 2.31. The molecule has 8 heteroatoms. The van der Waals surface area contributed by atoms with E-state index in [4.69, 9.17) is 0 Å². The lowest BCUT2D eigenvalue weighted by Crippen LogP contribution is -2.55. The molecule has 0 bridgehead atoms. The number of fused-ring (bicyclic) bond motifs is 1. The summed E-state index contributed by atoms with van der Waals surface area (Å²) in [5.41, 5.74) is -2.05. The van der Waals surface area contributed by atoms with Gasteiger partial charge in [0.1, 0.15) is 0 Å². The lowest BCUT2D eigenvalue weighted by atomic mass is 9.55. The third kappa shape index (κ3) is 7.34. The Bertz CT molecular complexity index is 1010. The summed E-state index contributed by atoms with van der Waals surface area (Å²) >= 11 is 0. The Morgan fingerprint density at radius 1 is 1.02 bits per heavy atom. The second-order valence-corrected chi connectivity index (χ2v) is 13.8. The molecule has 0 aromatic carbocycles. The van der Waals surface area contributed by atoms with Crippen LogP contribution in [0.1, 0.15) is 105 Å². The summed E-state index contributed by atoms with van der Waals surface area (Å²) < 4.78 is 80.0. The zero-order valence-electron chi connectivity index (χ0n) is 25.0. The molecular weight excluding hydrogens is 542 g/mol. The first-order chi connectivity index (χ1) is 18.8. The number of hydrogen-bond acceptors (Lipinski definition) is 2. The molecule has 0 aromatic heterocycles. The quantitative estimate of drug-likeness (QED) is 0.207. The second kappa shape index (κ2) is 12.6. The van der Waals surface area contributed by atoms with E-state index in [-0.39, 0.29) is 35.9 Å². The maximum absolute atomic E-state index is 13.3. The van der Waals surface area contributed by atoms with E-state index in [9.17, 15) is 36.6 Å². The highest BCUT2D eigenvalue weighted by Crippen LogP contribution is 2.64. The number of halogens is 6. The smallest absolute Gasteiger partial charge is 0.393 e. The first kappa shape index (κ1) is 34.0. The molecule has 1 unspecified atom stereocenters. The first-order valence-corrected chi connectivity index (χ1v) is 15.1. The molecular formula is C33H48F6O2. The van der Waals surface area contributed by atoms with Crippen LogP contribution in [0.15, 0.2) is 47.6 Å². The van der Waals surface area contributed by atoms with Crippen LogP contribution in [0.3, 0.4) is 0 Å². The molecule has 0 aliphatic heterocycles. The van der Waals surface area contributed by atoms with Gasteiger partial charge in [0, 0.05) is 0 Å². The van der Waals surface area contributed by atoms with Crippen LogP contribution in [0.2, 0.25) is 0 Å². The number of rotatable bonds is 9. The van der Waals surface area contributed by atoms with Gasteiger partial charge < -0.3 is 10.2 Å². The molecule has 0 heterocycles. The minimum Gasteiger partial charge on any atom is -0.393 e. The normalized spacial score (nSPS) is 31.8. The van der Waals surface area contributed by atoms with Gasteiger partial charge in [-0.05, 0) is 104 Å². The van der Waals surface area contributed by atoms with E-state index in [1.807, 2.05) is 6.92 Å². The van der Waals surface area contributed by atoms with Gasteiger partial charge in [0.25, 0.3) is 5.60 Å². The van der Waals surface area contributed by atoms with E-state index in [0.717, 1.165) is 75.0 Å². The largest absolute Gasteiger partial charge is 0.429 e. The van der Waals surface area contributed by atoms with Crippen molar-refractivity contribution in [1.82, 2.24) is 0 Å². The van der Waals surface area contributed by atoms with Crippen molar-refractivity contribution in [2.45, 2.75) is 129 Å². The van der Waals surface area contributed by atoms with Gasteiger partial charge in [0.2, 0.25) is 0 Å².